The molecule has 0 spiro atoms. The quantitative estimate of drug-likeness (QED) is 0.878. The Morgan fingerprint density at radius 3 is 2.48 bits per heavy atom. The first-order valence-corrected chi connectivity index (χ1v) is 9.68. The molecule has 1 aromatic carbocycles. The van der Waals surface area contributed by atoms with E-state index in [0.717, 1.165) is 5.56 Å². The molecule has 1 aliphatic heterocycles. The van der Waals surface area contributed by atoms with E-state index in [1.165, 1.54) is 6.20 Å². The number of nitrogens with one attached hydrogen (secondary N) is 1. The van der Waals surface area contributed by atoms with E-state index >= 15 is 0 Å². The summed E-state index contributed by atoms with van der Waals surface area (Å²) in [5.74, 6) is 1.38. The van der Waals surface area contributed by atoms with Crippen molar-refractivity contribution < 1.29 is 17.9 Å². The van der Waals surface area contributed by atoms with Crippen molar-refractivity contribution in [3.8, 4) is 11.5 Å². The first-order valence-electron chi connectivity index (χ1n) is 8.20. The van der Waals surface area contributed by atoms with E-state index in [2.05, 4.69) is 9.82 Å². The fraction of sp³-hybridized carbons (Fsp3) is 0.471. The van der Waals surface area contributed by atoms with Gasteiger partial charge in [-0.05, 0) is 30.5 Å². The maximum Gasteiger partial charge on any atom is 0.244 e. The molecule has 0 bridgehead atoms. The molecule has 0 amide bonds. The molecule has 136 valence electrons. The molecule has 8 heteroatoms. The van der Waals surface area contributed by atoms with E-state index in [0.29, 0.717) is 30.4 Å². The zero-order valence-corrected chi connectivity index (χ0v) is 15.6. The van der Waals surface area contributed by atoms with Crippen molar-refractivity contribution in [2.24, 2.45) is 13.0 Å². The maximum atomic E-state index is 12.8. The molecule has 0 radical (unpaired) electrons. The standard InChI is InChI=1S/C17H23N3O4S/c1-11(2)17(13-5-6-14-15(9-13)24-8-7-23-14)19-25(21,22)16-10-18-20(4)12(16)3/h5-6,9-11,17,19H,7-8H2,1-4H3/t17-/m0/s1. The topological polar surface area (TPSA) is 82.5 Å². The predicted octanol–water partition coefficient (Wildman–Crippen LogP) is 2.18. The average Bonchev–Trinajstić information content (AvgIpc) is 2.92. The van der Waals surface area contributed by atoms with Crippen molar-refractivity contribution in [1.29, 1.82) is 0 Å². The minimum atomic E-state index is -3.69. The van der Waals surface area contributed by atoms with Crippen LogP contribution < -0.4 is 14.2 Å². The van der Waals surface area contributed by atoms with Gasteiger partial charge in [0.2, 0.25) is 10.0 Å². The molecule has 0 saturated carbocycles. The van der Waals surface area contributed by atoms with E-state index < -0.39 is 10.0 Å². The number of hydrogen-bond donors (Lipinski definition) is 1. The van der Waals surface area contributed by atoms with Gasteiger partial charge in [-0.2, -0.15) is 5.10 Å². The van der Waals surface area contributed by atoms with E-state index in [-0.39, 0.29) is 16.9 Å². The zero-order valence-electron chi connectivity index (χ0n) is 14.8. The summed E-state index contributed by atoms with van der Waals surface area (Å²) in [6.45, 7) is 6.69. The number of hydrogen-bond acceptors (Lipinski definition) is 5. The Labute approximate surface area is 148 Å². The van der Waals surface area contributed by atoms with E-state index in [1.807, 2.05) is 32.0 Å². The number of sulfonamides is 1. The summed E-state index contributed by atoms with van der Waals surface area (Å²) in [7, 11) is -1.97. The van der Waals surface area contributed by atoms with Gasteiger partial charge in [0.05, 0.1) is 11.9 Å². The molecule has 0 saturated heterocycles. The summed E-state index contributed by atoms with van der Waals surface area (Å²) in [5.41, 5.74) is 1.43. The molecule has 0 aliphatic carbocycles. The van der Waals surface area contributed by atoms with Gasteiger partial charge in [0.25, 0.3) is 0 Å². The first-order chi connectivity index (χ1) is 11.8. The van der Waals surface area contributed by atoms with Gasteiger partial charge >= 0.3 is 0 Å². The number of fused-ring (bicyclic) bond motifs is 1. The molecule has 1 N–H and O–H groups in total. The minimum Gasteiger partial charge on any atom is -0.486 e. The largest absolute Gasteiger partial charge is 0.486 e. The number of aryl methyl sites for hydroxylation is 1. The first kappa shape index (κ1) is 17.8. The monoisotopic (exact) mass is 365 g/mol. The Balaban J connectivity index is 1.93. The highest BCUT2D eigenvalue weighted by atomic mass is 32.2. The second-order valence-corrected chi connectivity index (χ2v) is 8.15. The Hall–Kier alpha value is -2.06. The van der Waals surface area contributed by atoms with E-state index in [4.69, 9.17) is 9.47 Å². The summed E-state index contributed by atoms with van der Waals surface area (Å²) < 4.78 is 41.1. The van der Waals surface area contributed by atoms with E-state index in [9.17, 15) is 8.42 Å². The Morgan fingerprint density at radius 2 is 1.88 bits per heavy atom. The fourth-order valence-corrected chi connectivity index (χ4v) is 4.39. The second kappa shape index (κ2) is 6.68. The predicted molar refractivity (Wildman–Crippen MR) is 93.3 cm³/mol. The van der Waals surface area contributed by atoms with Crippen molar-refractivity contribution in [2.45, 2.75) is 31.7 Å². The highest BCUT2D eigenvalue weighted by molar-refractivity contribution is 7.89. The van der Waals surface area contributed by atoms with Crippen LogP contribution in [0.5, 0.6) is 11.5 Å². The van der Waals surface area contributed by atoms with E-state index in [1.54, 1.807) is 18.7 Å². The average molecular weight is 365 g/mol. The lowest BCUT2D eigenvalue weighted by Crippen LogP contribution is -2.32. The summed E-state index contributed by atoms with van der Waals surface area (Å²) in [5, 5.41) is 4.03. The van der Waals surface area contributed by atoms with Crippen LogP contribution in [0.3, 0.4) is 0 Å². The Bertz CT molecular complexity index is 874. The lowest BCUT2D eigenvalue weighted by Gasteiger charge is -2.25. The van der Waals surface area contributed by atoms with Gasteiger partial charge < -0.3 is 9.47 Å². The van der Waals surface area contributed by atoms with Crippen molar-refractivity contribution in [3.63, 3.8) is 0 Å². The third-order valence-electron chi connectivity index (χ3n) is 4.35. The lowest BCUT2D eigenvalue weighted by atomic mass is 9.97. The van der Waals surface area contributed by atoms with Gasteiger partial charge in [0.15, 0.2) is 11.5 Å². The molecule has 0 unspecified atom stereocenters. The second-order valence-electron chi connectivity index (χ2n) is 6.46. The van der Waals surface area contributed by atoms with Crippen molar-refractivity contribution in [3.05, 3.63) is 35.7 Å². The molecular formula is C17H23N3O4S. The minimum absolute atomic E-state index is 0.0503. The fourth-order valence-electron chi connectivity index (χ4n) is 2.82. The number of aromatic nitrogens is 2. The van der Waals surface area contributed by atoms with Gasteiger partial charge in [-0.3, -0.25) is 4.68 Å². The highest BCUT2D eigenvalue weighted by Crippen LogP contribution is 2.35. The summed E-state index contributed by atoms with van der Waals surface area (Å²) >= 11 is 0. The SMILES string of the molecule is Cc1c(S(=O)(=O)N[C@H](c2ccc3c(c2)OCCO3)C(C)C)cnn1C. The molecule has 1 aliphatic rings. The van der Waals surface area contributed by atoms with Crippen LogP contribution in [0.15, 0.2) is 29.3 Å². The molecule has 2 aromatic rings. The normalized spacial score (nSPS) is 15.4. The van der Waals surface area contributed by atoms with Crippen molar-refractivity contribution in [1.82, 2.24) is 14.5 Å². The smallest absolute Gasteiger partial charge is 0.244 e. The van der Waals surface area contributed by atoms with Crippen LogP contribution in [0.4, 0.5) is 0 Å². The number of rotatable bonds is 5. The molecule has 3 rings (SSSR count). The molecule has 2 heterocycles. The van der Waals surface area contributed by atoms with Crippen LogP contribution in [0, 0.1) is 12.8 Å². The Morgan fingerprint density at radius 1 is 1.20 bits per heavy atom. The van der Waals surface area contributed by atoms with Crippen LogP contribution >= 0.6 is 0 Å². The van der Waals surface area contributed by atoms with Crippen LogP contribution in [0.25, 0.3) is 0 Å². The van der Waals surface area contributed by atoms with Gasteiger partial charge in [0.1, 0.15) is 18.1 Å². The van der Waals surface area contributed by atoms with Crippen LogP contribution in [-0.2, 0) is 17.1 Å². The highest BCUT2D eigenvalue weighted by Gasteiger charge is 2.27. The van der Waals surface area contributed by atoms with Gasteiger partial charge in [-0.15, -0.1) is 0 Å². The van der Waals surface area contributed by atoms with Crippen molar-refractivity contribution in [2.75, 3.05) is 13.2 Å². The van der Waals surface area contributed by atoms with Crippen LogP contribution in [-0.4, -0.2) is 31.4 Å². The molecule has 1 aromatic heterocycles. The number of nitrogens with zero attached hydrogens (tertiary/aromatic N) is 2. The summed E-state index contributed by atoms with van der Waals surface area (Å²) in [6.07, 6.45) is 1.37. The van der Waals surface area contributed by atoms with Gasteiger partial charge in [0, 0.05) is 13.1 Å². The third-order valence-corrected chi connectivity index (χ3v) is 5.90. The molecular weight excluding hydrogens is 342 g/mol. The molecule has 7 nitrogen and oxygen atoms in total. The lowest BCUT2D eigenvalue weighted by molar-refractivity contribution is 0.171. The van der Waals surface area contributed by atoms with Crippen LogP contribution in [0.1, 0.15) is 31.1 Å². The Kier molecular flexibility index (Phi) is 4.75. The molecule has 0 fully saturated rings. The zero-order chi connectivity index (χ0) is 18.2. The maximum absolute atomic E-state index is 12.8. The molecule has 1 atom stereocenters. The van der Waals surface area contributed by atoms with Crippen LogP contribution in [0.2, 0.25) is 0 Å². The number of benzene rings is 1. The van der Waals surface area contributed by atoms with Gasteiger partial charge in [-0.25, -0.2) is 13.1 Å². The number of ether oxygens (including phenoxy) is 2. The summed E-state index contributed by atoms with van der Waals surface area (Å²) in [4.78, 5) is 0.193. The van der Waals surface area contributed by atoms with Crippen molar-refractivity contribution >= 4 is 10.0 Å². The van der Waals surface area contributed by atoms with Gasteiger partial charge in [-0.1, -0.05) is 19.9 Å². The summed E-state index contributed by atoms with van der Waals surface area (Å²) in [6, 6.07) is 5.15. The molecule has 25 heavy (non-hydrogen) atoms. The third kappa shape index (κ3) is 3.50.